The Morgan fingerprint density at radius 3 is 2.27 bits per heavy atom. The minimum Gasteiger partial charge on any atom is -0.493 e. The number of fused-ring (bicyclic) bond motifs is 1. The summed E-state index contributed by atoms with van der Waals surface area (Å²) >= 11 is 0. The summed E-state index contributed by atoms with van der Waals surface area (Å²) < 4.78 is 10.7. The van der Waals surface area contributed by atoms with Gasteiger partial charge in [-0.05, 0) is 41.8 Å². The molecule has 1 heterocycles. The van der Waals surface area contributed by atoms with Crippen LogP contribution >= 0.6 is 0 Å². The van der Waals surface area contributed by atoms with Crippen molar-refractivity contribution in [3.05, 3.63) is 59.2 Å². The number of hydrogen-bond acceptors (Lipinski definition) is 3. The topological polar surface area (TPSA) is 38.8 Å². The van der Waals surface area contributed by atoms with Crippen LogP contribution in [0.15, 0.2) is 42.5 Å². The standard InChI is InChI=1S/C18H19NO3/c1-21-16-10-14-8-9-19(12-15(14)11-17(16)22-2)18(20)13-6-4-3-5-7-13/h3-7,10-11H,8-9,12H2,1-2H3. The molecule has 22 heavy (non-hydrogen) atoms. The highest BCUT2D eigenvalue weighted by molar-refractivity contribution is 5.94. The molecule has 3 rings (SSSR count). The average molecular weight is 297 g/mol. The van der Waals surface area contributed by atoms with Gasteiger partial charge in [0.25, 0.3) is 5.91 Å². The Labute approximate surface area is 130 Å². The Bertz CT molecular complexity index is 682. The van der Waals surface area contributed by atoms with Crippen molar-refractivity contribution in [3.8, 4) is 11.5 Å². The van der Waals surface area contributed by atoms with E-state index in [2.05, 4.69) is 0 Å². The monoisotopic (exact) mass is 297 g/mol. The van der Waals surface area contributed by atoms with Crippen LogP contribution in [0, 0.1) is 0 Å². The van der Waals surface area contributed by atoms with Gasteiger partial charge in [-0.3, -0.25) is 4.79 Å². The number of amides is 1. The van der Waals surface area contributed by atoms with Crippen LogP contribution in [-0.2, 0) is 13.0 Å². The maximum Gasteiger partial charge on any atom is 0.254 e. The van der Waals surface area contributed by atoms with Crippen LogP contribution in [0.4, 0.5) is 0 Å². The first-order valence-electron chi connectivity index (χ1n) is 7.31. The highest BCUT2D eigenvalue weighted by atomic mass is 16.5. The minimum atomic E-state index is 0.0704. The third-order valence-corrected chi connectivity index (χ3v) is 4.03. The molecule has 2 aromatic rings. The number of hydrogen-bond donors (Lipinski definition) is 0. The zero-order chi connectivity index (χ0) is 15.5. The van der Waals surface area contributed by atoms with Gasteiger partial charge >= 0.3 is 0 Å². The van der Waals surface area contributed by atoms with Gasteiger partial charge in [0, 0.05) is 18.7 Å². The first-order valence-corrected chi connectivity index (χ1v) is 7.31. The number of ether oxygens (including phenoxy) is 2. The third kappa shape index (κ3) is 2.64. The van der Waals surface area contributed by atoms with Gasteiger partial charge in [-0.1, -0.05) is 18.2 Å². The van der Waals surface area contributed by atoms with Crippen molar-refractivity contribution in [2.75, 3.05) is 20.8 Å². The molecule has 0 aliphatic carbocycles. The Kier molecular flexibility index (Phi) is 4.00. The highest BCUT2D eigenvalue weighted by Crippen LogP contribution is 2.33. The maximum atomic E-state index is 12.6. The van der Waals surface area contributed by atoms with Crippen molar-refractivity contribution in [2.45, 2.75) is 13.0 Å². The lowest BCUT2D eigenvalue weighted by atomic mass is 9.98. The van der Waals surface area contributed by atoms with Gasteiger partial charge in [-0.25, -0.2) is 0 Å². The molecule has 1 aliphatic heterocycles. The van der Waals surface area contributed by atoms with E-state index in [0.29, 0.717) is 12.3 Å². The first kappa shape index (κ1) is 14.4. The van der Waals surface area contributed by atoms with Gasteiger partial charge in [0.05, 0.1) is 14.2 Å². The van der Waals surface area contributed by atoms with Crippen LogP contribution in [0.2, 0.25) is 0 Å². The fraction of sp³-hybridized carbons (Fsp3) is 0.278. The largest absolute Gasteiger partial charge is 0.493 e. The second kappa shape index (κ2) is 6.10. The van der Waals surface area contributed by atoms with Crippen molar-refractivity contribution < 1.29 is 14.3 Å². The van der Waals surface area contributed by atoms with Gasteiger partial charge in [-0.2, -0.15) is 0 Å². The molecular weight excluding hydrogens is 278 g/mol. The summed E-state index contributed by atoms with van der Waals surface area (Å²) in [4.78, 5) is 14.4. The molecule has 4 heteroatoms. The van der Waals surface area contributed by atoms with Crippen LogP contribution in [0.3, 0.4) is 0 Å². The van der Waals surface area contributed by atoms with Gasteiger partial charge < -0.3 is 14.4 Å². The van der Waals surface area contributed by atoms with Gasteiger partial charge in [0.15, 0.2) is 11.5 Å². The number of carbonyl (C=O) groups excluding carboxylic acids is 1. The van der Waals surface area contributed by atoms with E-state index in [0.717, 1.165) is 29.8 Å². The second-order valence-electron chi connectivity index (χ2n) is 5.32. The number of methoxy groups -OCH3 is 2. The van der Waals surface area contributed by atoms with Crippen LogP contribution in [-0.4, -0.2) is 31.6 Å². The lowest BCUT2D eigenvalue weighted by Gasteiger charge is -2.29. The SMILES string of the molecule is COc1cc2c(cc1OC)CN(C(=O)c1ccccc1)CC2. The third-order valence-electron chi connectivity index (χ3n) is 4.03. The number of nitrogens with zero attached hydrogens (tertiary/aromatic N) is 1. The van der Waals surface area contributed by atoms with E-state index in [4.69, 9.17) is 9.47 Å². The molecule has 0 unspecified atom stereocenters. The Hall–Kier alpha value is -2.49. The molecule has 2 aromatic carbocycles. The van der Waals surface area contributed by atoms with Gasteiger partial charge in [-0.15, -0.1) is 0 Å². The average Bonchev–Trinajstić information content (AvgIpc) is 2.60. The molecule has 1 amide bonds. The predicted molar refractivity (Wildman–Crippen MR) is 84.4 cm³/mol. The molecule has 0 radical (unpaired) electrons. The van der Waals surface area contributed by atoms with Crippen molar-refractivity contribution in [1.82, 2.24) is 4.90 Å². The lowest BCUT2D eigenvalue weighted by molar-refractivity contribution is 0.0734. The molecule has 0 spiro atoms. The quantitative estimate of drug-likeness (QED) is 0.874. The molecule has 0 aromatic heterocycles. The molecule has 114 valence electrons. The summed E-state index contributed by atoms with van der Waals surface area (Å²) in [6, 6.07) is 13.4. The molecule has 1 aliphatic rings. The van der Waals surface area contributed by atoms with Crippen molar-refractivity contribution in [2.24, 2.45) is 0 Å². The van der Waals surface area contributed by atoms with Crippen LogP contribution in [0.5, 0.6) is 11.5 Å². The first-order chi connectivity index (χ1) is 10.7. The molecule has 4 nitrogen and oxygen atoms in total. The van der Waals surface area contributed by atoms with Gasteiger partial charge in [0.2, 0.25) is 0 Å². The Morgan fingerprint density at radius 1 is 1.00 bits per heavy atom. The van der Waals surface area contributed by atoms with E-state index in [1.54, 1.807) is 14.2 Å². The van der Waals surface area contributed by atoms with Crippen molar-refractivity contribution in [1.29, 1.82) is 0 Å². The minimum absolute atomic E-state index is 0.0704. The maximum absolute atomic E-state index is 12.6. The fourth-order valence-electron chi connectivity index (χ4n) is 2.82. The van der Waals surface area contributed by atoms with E-state index in [1.807, 2.05) is 47.4 Å². The number of carbonyl (C=O) groups is 1. The molecule has 0 fully saturated rings. The molecule has 0 bridgehead atoms. The van der Waals surface area contributed by atoms with E-state index in [-0.39, 0.29) is 5.91 Å². The molecule has 0 N–H and O–H groups in total. The van der Waals surface area contributed by atoms with E-state index in [1.165, 1.54) is 5.56 Å². The summed E-state index contributed by atoms with van der Waals surface area (Å²) in [6.07, 6.45) is 0.828. The Balaban J connectivity index is 1.86. The van der Waals surface area contributed by atoms with E-state index in [9.17, 15) is 4.79 Å². The second-order valence-corrected chi connectivity index (χ2v) is 5.32. The molecule has 0 saturated carbocycles. The summed E-state index contributed by atoms with van der Waals surface area (Å²) in [5.41, 5.74) is 3.06. The zero-order valence-corrected chi connectivity index (χ0v) is 12.8. The summed E-state index contributed by atoms with van der Waals surface area (Å²) in [5, 5.41) is 0. The highest BCUT2D eigenvalue weighted by Gasteiger charge is 2.23. The fourth-order valence-corrected chi connectivity index (χ4v) is 2.82. The molecule has 0 atom stereocenters. The van der Waals surface area contributed by atoms with Crippen LogP contribution < -0.4 is 9.47 Å². The summed E-state index contributed by atoms with van der Waals surface area (Å²) in [5.74, 6) is 1.51. The van der Waals surface area contributed by atoms with Crippen LogP contribution in [0.1, 0.15) is 21.5 Å². The smallest absolute Gasteiger partial charge is 0.254 e. The van der Waals surface area contributed by atoms with E-state index >= 15 is 0 Å². The number of benzene rings is 2. The normalized spacial score (nSPS) is 13.5. The van der Waals surface area contributed by atoms with Crippen LogP contribution in [0.25, 0.3) is 0 Å². The lowest BCUT2D eigenvalue weighted by Crippen LogP contribution is -2.35. The van der Waals surface area contributed by atoms with E-state index < -0.39 is 0 Å². The summed E-state index contributed by atoms with van der Waals surface area (Å²) in [7, 11) is 3.26. The van der Waals surface area contributed by atoms with Crippen molar-refractivity contribution >= 4 is 5.91 Å². The molecular formula is C18H19NO3. The summed E-state index contributed by atoms with van der Waals surface area (Å²) in [6.45, 7) is 1.32. The molecule has 0 saturated heterocycles. The zero-order valence-electron chi connectivity index (χ0n) is 12.8. The van der Waals surface area contributed by atoms with Crippen molar-refractivity contribution in [3.63, 3.8) is 0 Å². The van der Waals surface area contributed by atoms with Gasteiger partial charge in [0.1, 0.15) is 0 Å². The predicted octanol–water partition coefficient (Wildman–Crippen LogP) is 2.90. The Morgan fingerprint density at radius 2 is 1.64 bits per heavy atom. The number of rotatable bonds is 3.